The summed E-state index contributed by atoms with van der Waals surface area (Å²) in [7, 11) is 1.71. The molecule has 1 saturated heterocycles. The highest BCUT2D eigenvalue weighted by molar-refractivity contribution is 6.32. The fourth-order valence-corrected chi connectivity index (χ4v) is 4.93. The second kappa shape index (κ2) is 9.06. The summed E-state index contributed by atoms with van der Waals surface area (Å²) in [5.41, 5.74) is 4.76. The van der Waals surface area contributed by atoms with Crippen LogP contribution in [0.2, 0.25) is 5.02 Å². The maximum absolute atomic E-state index is 13.4. The van der Waals surface area contributed by atoms with Gasteiger partial charge in [-0.3, -0.25) is 18.9 Å². The standard InChI is InChI=1S/C28H23ClN4O4/c1-31-24-16-30-23-9-5-18(19-4-8-22(29)25(34)15-19)14-21(23)26(24)33(28(31)36)20-6-2-17(3-7-20)27(35)32-10-12-37-13-11-32/h2-9,14-16,34H,10-13H2,1H3. The number of aryl methyl sites for hydroxylation is 1. The molecule has 6 rings (SSSR count). The first-order valence-electron chi connectivity index (χ1n) is 11.9. The normalized spacial score (nSPS) is 13.9. The van der Waals surface area contributed by atoms with Crippen molar-refractivity contribution in [1.82, 2.24) is 19.0 Å². The van der Waals surface area contributed by atoms with Crippen LogP contribution in [0.4, 0.5) is 0 Å². The second-order valence-electron chi connectivity index (χ2n) is 9.02. The number of fused-ring (bicyclic) bond motifs is 3. The van der Waals surface area contributed by atoms with Gasteiger partial charge >= 0.3 is 5.69 Å². The Morgan fingerprint density at radius 3 is 2.43 bits per heavy atom. The number of amides is 1. The first-order chi connectivity index (χ1) is 17.9. The molecule has 1 amide bonds. The molecule has 0 radical (unpaired) electrons. The molecule has 186 valence electrons. The van der Waals surface area contributed by atoms with Crippen molar-refractivity contribution in [2.24, 2.45) is 7.05 Å². The van der Waals surface area contributed by atoms with Gasteiger partial charge in [-0.05, 0) is 59.7 Å². The zero-order chi connectivity index (χ0) is 25.7. The van der Waals surface area contributed by atoms with Crippen molar-refractivity contribution in [2.45, 2.75) is 0 Å². The molecular formula is C28H23ClN4O4. The van der Waals surface area contributed by atoms with Gasteiger partial charge in [0.15, 0.2) is 0 Å². The Labute approximate surface area is 216 Å². The van der Waals surface area contributed by atoms with Gasteiger partial charge in [-0.15, -0.1) is 0 Å². The van der Waals surface area contributed by atoms with Crippen LogP contribution in [0.1, 0.15) is 10.4 Å². The van der Waals surface area contributed by atoms with Crippen molar-refractivity contribution in [1.29, 1.82) is 0 Å². The molecule has 37 heavy (non-hydrogen) atoms. The van der Waals surface area contributed by atoms with E-state index in [1.54, 1.807) is 63.7 Å². The molecule has 3 aromatic carbocycles. The number of carbonyl (C=O) groups is 1. The van der Waals surface area contributed by atoms with E-state index in [0.717, 1.165) is 22.0 Å². The van der Waals surface area contributed by atoms with Crippen LogP contribution in [0.3, 0.4) is 0 Å². The van der Waals surface area contributed by atoms with Crippen LogP contribution in [-0.2, 0) is 11.8 Å². The number of pyridine rings is 1. The lowest BCUT2D eigenvalue weighted by Gasteiger charge is -2.26. The number of hydrogen-bond donors (Lipinski definition) is 1. The molecule has 3 heterocycles. The number of rotatable bonds is 3. The number of carbonyl (C=O) groups excluding carboxylic acids is 1. The van der Waals surface area contributed by atoms with Crippen LogP contribution < -0.4 is 5.69 Å². The van der Waals surface area contributed by atoms with Gasteiger partial charge < -0.3 is 14.7 Å². The van der Waals surface area contributed by atoms with Gasteiger partial charge in [-0.2, -0.15) is 0 Å². The maximum Gasteiger partial charge on any atom is 0.333 e. The Morgan fingerprint density at radius 1 is 1.00 bits per heavy atom. The summed E-state index contributed by atoms with van der Waals surface area (Å²) in [5, 5.41) is 11.2. The third kappa shape index (κ3) is 3.94. The van der Waals surface area contributed by atoms with E-state index in [2.05, 4.69) is 4.98 Å². The SMILES string of the molecule is Cn1c(=O)n(-c2ccc(C(=O)N3CCOCC3)cc2)c2c3cc(-c4ccc(Cl)c(O)c4)ccc3ncc21. The van der Waals surface area contributed by atoms with E-state index in [9.17, 15) is 14.7 Å². The molecule has 0 aliphatic carbocycles. The number of halogens is 1. The van der Waals surface area contributed by atoms with Crippen LogP contribution in [-0.4, -0.2) is 56.3 Å². The summed E-state index contributed by atoms with van der Waals surface area (Å²) in [5.74, 6) is -0.0513. The zero-order valence-electron chi connectivity index (χ0n) is 20.0. The molecule has 0 bridgehead atoms. The van der Waals surface area contributed by atoms with E-state index in [0.29, 0.717) is 48.6 Å². The van der Waals surface area contributed by atoms with Crippen LogP contribution >= 0.6 is 11.6 Å². The molecule has 1 aliphatic heterocycles. The largest absolute Gasteiger partial charge is 0.506 e. The highest BCUT2D eigenvalue weighted by Gasteiger charge is 2.20. The van der Waals surface area contributed by atoms with Gasteiger partial charge in [0.2, 0.25) is 0 Å². The van der Waals surface area contributed by atoms with Gasteiger partial charge in [0.05, 0.1) is 46.7 Å². The molecule has 2 aromatic heterocycles. The summed E-state index contributed by atoms with van der Waals surface area (Å²) in [4.78, 5) is 32.6. The third-order valence-electron chi connectivity index (χ3n) is 6.83. The summed E-state index contributed by atoms with van der Waals surface area (Å²) < 4.78 is 8.55. The molecule has 1 fully saturated rings. The van der Waals surface area contributed by atoms with Crippen molar-refractivity contribution in [3.63, 3.8) is 0 Å². The Kier molecular flexibility index (Phi) is 5.70. The van der Waals surface area contributed by atoms with Gasteiger partial charge in [-0.25, -0.2) is 4.79 Å². The Morgan fingerprint density at radius 2 is 1.70 bits per heavy atom. The van der Waals surface area contributed by atoms with Crippen molar-refractivity contribution in [3.05, 3.63) is 87.9 Å². The van der Waals surface area contributed by atoms with E-state index >= 15 is 0 Å². The predicted molar refractivity (Wildman–Crippen MR) is 143 cm³/mol. The number of ether oxygens (including phenoxy) is 1. The highest BCUT2D eigenvalue weighted by Crippen LogP contribution is 2.33. The Balaban J connectivity index is 1.49. The van der Waals surface area contributed by atoms with Gasteiger partial charge in [0.1, 0.15) is 5.75 Å². The highest BCUT2D eigenvalue weighted by atomic mass is 35.5. The lowest BCUT2D eigenvalue weighted by molar-refractivity contribution is 0.0303. The molecular weight excluding hydrogens is 492 g/mol. The number of imidazole rings is 1. The van der Waals surface area contributed by atoms with E-state index in [1.165, 1.54) is 0 Å². The second-order valence-corrected chi connectivity index (χ2v) is 9.43. The van der Waals surface area contributed by atoms with E-state index in [4.69, 9.17) is 16.3 Å². The number of aromatic nitrogens is 3. The average Bonchev–Trinajstić information content (AvgIpc) is 3.20. The third-order valence-corrected chi connectivity index (χ3v) is 7.15. The number of phenolic OH excluding ortho intramolecular Hbond substituents is 1. The first kappa shape index (κ1) is 23.3. The molecule has 1 aliphatic rings. The smallest absolute Gasteiger partial charge is 0.333 e. The molecule has 0 spiro atoms. The molecule has 9 heteroatoms. The Bertz CT molecular complexity index is 1730. The average molecular weight is 515 g/mol. The van der Waals surface area contributed by atoms with E-state index < -0.39 is 0 Å². The molecule has 8 nitrogen and oxygen atoms in total. The first-order valence-corrected chi connectivity index (χ1v) is 12.3. The van der Waals surface area contributed by atoms with Gasteiger partial charge in [0, 0.05) is 31.1 Å². The van der Waals surface area contributed by atoms with E-state index in [1.807, 2.05) is 24.3 Å². The number of morpholine rings is 1. The predicted octanol–water partition coefficient (Wildman–Crippen LogP) is 4.38. The van der Waals surface area contributed by atoms with Crippen LogP contribution in [0, 0.1) is 0 Å². The molecule has 0 atom stereocenters. The minimum absolute atomic E-state index is 0.000988. The lowest BCUT2D eigenvalue weighted by Crippen LogP contribution is -2.40. The lowest BCUT2D eigenvalue weighted by atomic mass is 10.0. The Hall–Kier alpha value is -4.14. The zero-order valence-corrected chi connectivity index (χ0v) is 20.8. The van der Waals surface area contributed by atoms with Crippen molar-refractivity contribution >= 4 is 39.4 Å². The number of nitrogens with zero attached hydrogens (tertiary/aromatic N) is 4. The van der Waals surface area contributed by atoms with Crippen LogP contribution in [0.25, 0.3) is 38.8 Å². The summed E-state index contributed by atoms with van der Waals surface area (Å²) >= 11 is 5.99. The van der Waals surface area contributed by atoms with Crippen molar-refractivity contribution in [2.75, 3.05) is 26.3 Å². The number of hydrogen-bond acceptors (Lipinski definition) is 5. The van der Waals surface area contributed by atoms with Gasteiger partial charge in [0.25, 0.3) is 5.91 Å². The number of benzene rings is 3. The molecule has 0 unspecified atom stereocenters. The summed E-state index contributed by atoms with van der Waals surface area (Å²) in [6.45, 7) is 2.20. The summed E-state index contributed by atoms with van der Waals surface area (Å²) in [6, 6.07) is 17.9. The number of phenols is 1. The molecule has 5 aromatic rings. The van der Waals surface area contributed by atoms with Crippen LogP contribution in [0.5, 0.6) is 5.75 Å². The van der Waals surface area contributed by atoms with E-state index in [-0.39, 0.29) is 22.4 Å². The monoisotopic (exact) mass is 514 g/mol. The maximum atomic E-state index is 13.4. The topological polar surface area (TPSA) is 89.6 Å². The fourth-order valence-electron chi connectivity index (χ4n) is 4.81. The fraction of sp³-hybridized carbons (Fsp3) is 0.179. The van der Waals surface area contributed by atoms with Crippen molar-refractivity contribution in [3.8, 4) is 22.6 Å². The van der Waals surface area contributed by atoms with Crippen molar-refractivity contribution < 1.29 is 14.6 Å². The van der Waals surface area contributed by atoms with Gasteiger partial charge in [-0.1, -0.05) is 23.7 Å². The quantitative estimate of drug-likeness (QED) is 0.386. The number of aromatic hydroxyl groups is 1. The molecule has 0 saturated carbocycles. The summed E-state index contributed by atoms with van der Waals surface area (Å²) in [6.07, 6.45) is 1.69. The minimum Gasteiger partial charge on any atom is -0.506 e. The van der Waals surface area contributed by atoms with Crippen LogP contribution in [0.15, 0.2) is 71.7 Å². The minimum atomic E-state index is -0.217. The molecule has 1 N–H and O–H groups in total.